The van der Waals surface area contributed by atoms with E-state index in [1.54, 1.807) is 0 Å². The van der Waals surface area contributed by atoms with Gasteiger partial charge in [-0.05, 0) is 11.8 Å². The predicted octanol–water partition coefficient (Wildman–Crippen LogP) is 2.53. The number of nitrogens with one attached hydrogen (secondary N) is 1. The van der Waals surface area contributed by atoms with Crippen LogP contribution >= 0.6 is 15.9 Å². The number of hydrogen-bond donors (Lipinski definition) is 1. The van der Waals surface area contributed by atoms with Gasteiger partial charge < -0.3 is 5.32 Å². The van der Waals surface area contributed by atoms with E-state index >= 15 is 0 Å². The zero-order chi connectivity index (χ0) is 10.7. The highest BCUT2D eigenvalue weighted by molar-refractivity contribution is 9.10. The van der Waals surface area contributed by atoms with Crippen molar-refractivity contribution >= 4 is 21.8 Å². The maximum absolute atomic E-state index is 12.2. The van der Waals surface area contributed by atoms with Crippen LogP contribution in [0.15, 0.2) is 0 Å². The number of amides is 1. The fourth-order valence-corrected chi connectivity index (χ4v) is 0.791. The van der Waals surface area contributed by atoms with Crippen LogP contribution in [0.5, 0.6) is 0 Å². The SMILES string of the molecule is CC(C)(C)CCNC(=O)C(F)(F)Br. The molecule has 0 fully saturated rings. The Bertz CT molecular complexity index is 184. The Kier molecular flexibility index (Phi) is 4.29. The van der Waals surface area contributed by atoms with Crippen molar-refractivity contribution in [2.75, 3.05) is 6.54 Å². The molecule has 0 aliphatic rings. The molecule has 0 spiro atoms. The summed E-state index contributed by atoms with van der Waals surface area (Å²) in [5.41, 5.74) is 0.0366. The molecule has 0 bridgehead atoms. The van der Waals surface area contributed by atoms with Gasteiger partial charge in [0.15, 0.2) is 0 Å². The maximum Gasteiger partial charge on any atom is 0.377 e. The van der Waals surface area contributed by atoms with E-state index in [0.717, 1.165) is 0 Å². The van der Waals surface area contributed by atoms with Crippen LogP contribution in [0.4, 0.5) is 8.78 Å². The lowest BCUT2D eigenvalue weighted by molar-refractivity contribution is -0.134. The normalized spacial score (nSPS) is 12.8. The molecule has 5 heteroatoms. The Labute approximate surface area is 85.2 Å². The zero-order valence-corrected chi connectivity index (χ0v) is 9.54. The van der Waals surface area contributed by atoms with Gasteiger partial charge in [-0.25, -0.2) is 0 Å². The Balaban J connectivity index is 3.74. The molecule has 0 aromatic carbocycles. The van der Waals surface area contributed by atoms with Gasteiger partial charge in [-0.3, -0.25) is 4.79 Å². The number of carbonyl (C=O) groups excluding carboxylic acids is 1. The van der Waals surface area contributed by atoms with Gasteiger partial charge >= 0.3 is 10.7 Å². The van der Waals surface area contributed by atoms with Gasteiger partial charge in [0.25, 0.3) is 0 Å². The van der Waals surface area contributed by atoms with E-state index in [1.807, 2.05) is 36.7 Å². The molecule has 0 atom stereocenters. The van der Waals surface area contributed by atoms with Gasteiger partial charge in [-0.2, -0.15) is 8.78 Å². The topological polar surface area (TPSA) is 29.1 Å². The molecule has 0 aromatic rings. The number of halogens is 3. The molecule has 78 valence electrons. The average Bonchev–Trinajstić information content (AvgIpc) is 1.82. The molecule has 1 N–H and O–H groups in total. The van der Waals surface area contributed by atoms with Crippen molar-refractivity contribution in [3.8, 4) is 0 Å². The predicted molar refractivity (Wildman–Crippen MR) is 51.0 cm³/mol. The van der Waals surface area contributed by atoms with Gasteiger partial charge in [0.1, 0.15) is 0 Å². The largest absolute Gasteiger partial charge is 0.377 e. The van der Waals surface area contributed by atoms with Crippen LogP contribution in [0.1, 0.15) is 27.2 Å². The summed E-state index contributed by atoms with van der Waals surface area (Å²) in [6.45, 7) is 6.20. The van der Waals surface area contributed by atoms with E-state index in [1.165, 1.54) is 0 Å². The lowest BCUT2D eigenvalue weighted by atomic mass is 9.92. The van der Waals surface area contributed by atoms with Crippen molar-refractivity contribution in [3.05, 3.63) is 0 Å². The molecule has 0 aliphatic heterocycles. The third-order valence-corrected chi connectivity index (χ3v) is 1.78. The molecule has 0 heterocycles. The number of rotatable bonds is 3. The van der Waals surface area contributed by atoms with Crippen molar-refractivity contribution in [2.24, 2.45) is 5.41 Å². The smallest absolute Gasteiger partial charge is 0.350 e. The van der Waals surface area contributed by atoms with E-state index in [9.17, 15) is 13.6 Å². The van der Waals surface area contributed by atoms with Gasteiger partial charge in [-0.15, -0.1) is 0 Å². The Morgan fingerprint density at radius 1 is 1.38 bits per heavy atom. The molecule has 0 saturated carbocycles. The lowest BCUT2D eigenvalue weighted by Crippen LogP contribution is -2.37. The number of hydrogen-bond acceptors (Lipinski definition) is 1. The molecule has 0 aromatic heterocycles. The first-order chi connectivity index (χ1) is 5.63. The summed E-state index contributed by atoms with van der Waals surface area (Å²) < 4.78 is 24.5. The van der Waals surface area contributed by atoms with E-state index in [4.69, 9.17) is 0 Å². The van der Waals surface area contributed by atoms with Gasteiger partial charge in [-0.1, -0.05) is 20.8 Å². The van der Waals surface area contributed by atoms with Crippen LogP contribution in [0, 0.1) is 5.41 Å². The van der Waals surface area contributed by atoms with E-state index in [2.05, 4.69) is 5.32 Å². The molecule has 0 aliphatic carbocycles. The van der Waals surface area contributed by atoms with Crippen molar-refractivity contribution < 1.29 is 13.6 Å². The van der Waals surface area contributed by atoms with Crippen molar-refractivity contribution in [2.45, 2.75) is 32.0 Å². The monoisotopic (exact) mass is 257 g/mol. The number of carbonyl (C=O) groups is 1. The fourth-order valence-electron chi connectivity index (χ4n) is 0.651. The minimum Gasteiger partial charge on any atom is -0.350 e. The third-order valence-electron chi connectivity index (χ3n) is 1.42. The number of alkyl halides is 3. The lowest BCUT2D eigenvalue weighted by Gasteiger charge is -2.18. The highest BCUT2D eigenvalue weighted by Gasteiger charge is 2.34. The zero-order valence-electron chi connectivity index (χ0n) is 7.96. The van der Waals surface area contributed by atoms with Crippen LogP contribution in [0.3, 0.4) is 0 Å². The molecule has 0 radical (unpaired) electrons. The minimum absolute atomic E-state index is 0.0366. The van der Waals surface area contributed by atoms with E-state index < -0.39 is 10.7 Å². The van der Waals surface area contributed by atoms with Gasteiger partial charge in [0.2, 0.25) is 0 Å². The molecule has 0 saturated heterocycles. The first kappa shape index (κ1) is 12.8. The fraction of sp³-hybridized carbons (Fsp3) is 0.875. The van der Waals surface area contributed by atoms with Crippen molar-refractivity contribution in [1.82, 2.24) is 5.32 Å². The summed E-state index contributed by atoms with van der Waals surface area (Å²) in [4.78, 5) is 7.19. The van der Waals surface area contributed by atoms with E-state index in [0.29, 0.717) is 6.42 Å². The maximum atomic E-state index is 12.2. The van der Waals surface area contributed by atoms with Crippen LogP contribution in [-0.4, -0.2) is 17.3 Å². The molecule has 13 heavy (non-hydrogen) atoms. The first-order valence-electron chi connectivity index (χ1n) is 3.98. The summed E-state index contributed by atoms with van der Waals surface area (Å²) in [5.74, 6) is -1.28. The second-order valence-corrected chi connectivity index (χ2v) is 5.06. The summed E-state index contributed by atoms with van der Waals surface area (Å²) in [6, 6.07) is 0. The van der Waals surface area contributed by atoms with Crippen LogP contribution < -0.4 is 5.32 Å². The third kappa shape index (κ3) is 6.93. The molecule has 1 amide bonds. The highest BCUT2D eigenvalue weighted by atomic mass is 79.9. The second kappa shape index (κ2) is 4.35. The van der Waals surface area contributed by atoms with Gasteiger partial charge in [0, 0.05) is 22.5 Å². The Morgan fingerprint density at radius 3 is 2.15 bits per heavy atom. The summed E-state index contributed by atoms with van der Waals surface area (Å²) in [6.07, 6.45) is 0.668. The Hall–Kier alpha value is -0.190. The van der Waals surface area contributed by atoms with Crippen molar-refractivity contribution in [3.63, 3.8) is 0 Å². The summed E-state index contributed by atoms with van der Waals surface area (Å²) in [7, 11) is 0. The molecular formula is C8H14BrF2NO. The molecule has 0 unspecified atom stereocenters. The minimum atomic E-state index is -3.45. The van der Waals surface area contributed by atoms with Crippen molar-refractivity contribution in [1.29, 1.82) is 0 Å². The molecule has 2 nitrogen and oxygen atoms in total. The second-order valence-electron chi connectivity index (χ2n) is 4.06. The standard InChI is InChI=1S/C8H14BrF2NO/c1-7(2,3)4-5-12-6(13)8(9,10)11/h4-5H2,1-3H3,(H,12,13). The van der Waals surface area contributed by atoms with Crippen LogP contribution in [0.25, 0.3) is 0 Å². The average molecular weight is 258 g/mol. The summed E-state index contributed by atoms with van der Waals surface area (Å²) >= 11 is 1.98. The highest BCUT2D eigenvalue weighted by Crippen LogP contribution is 2.22. The molecule has 0 rings (SSSR count). The first-order valence-corrected chi connectivity index (χ1v) is 4.77. The molecular weight excluding hydrogens is 244 g/mol. The Morgan fingerprint density at radius 2 is 1.85 bits per heavy atom. The van der Waals surface area contributed by atoms with E-state index in [-0.39, 0.29) is 12.0 Å². The van der Waals surface area contributed by atoms with Crippen LogP contribution in [-0.2, 0) is 4.79 Å². The quantitative estimate of drug-likeness (QED) is 0.774. The van der Waals surface area contributed by atoms with Crippen LogP contribution in [0.2, 0.25) is 0 Å². The van der Waals surface area contributed by atoms with Gasteiger partial charge in [0.05, 0.1) is 0 Å². The summed E-state index contributed by atoms with van der Waals surface area (Å²) in [5, 5.41) is 2.14.